The molecule has 0 bridgehead atoms. The Bertz CT molecular complexity index is 1180. The lowest BCUT2D eigenvalue weighted by atomic mass is 10.1. The SMILES string of the molecule is Cc1cccc(C)c1NC(=O)c1ccccc1-c1ncc(-c2cccc(Br)c2)o1. The van der Waals surface area contributed by atoms with Crippen LogP contribution in [0.3, 0.4) is 0 Å². The fourth-order valence-corrected chi connectivity index (χ4v) is 3.63. The lowest BCUT2D eigenvalue weighted by Crippen LogP contribution is -2.14. The number of oxazole rings is 1. The average Bonchev–Trinajstić information content (AvgIpc) is 3.21. The Morgan fingerprint density at radius 3 is 2.45 bits per heavy atom. The lowest BCUT2D eigenvalue weighted by molar-refractivity contribution is 0.102. The van der Waals surface area contributed by atoms with Gasteiger partial charge in [-0.05, 0) is 49.2 Å². The summed E-state index contributed by atoms with van der Waals surface area (Å²) in [5.41, 5.74) is 4.94. The summed E-state index contributed by atoms with van der Waals surface area (Å²) in [7, 11) is 0. The number of nitrogens with one attached hydrogen (secondary N) is 1. The molecule has 0 atom stereocenters. The number of carbonyl (C=O) groups excluding carboxylic acids is 1. The van der Waals surface area contributed by atoms with Crippen LogP contribution in [0.25, 0.3) is 22.8 Å². The summed E-state index contributed by atoms with van der Waals surface area (Å²) in [6, 6.07) is 21.1. The van der Waals surface area contributed by atoms with Crippen LogP contribution in [0.5, 0.6) is 0 Å². The number of carbonyl (C=O) groups is 1. The predicted molar refractivity (Wildman–Crippen MR) is 119 cm³/mol. The van der Waals surface area contributed by atoms with Gasteiger partial charge in [-0.1, -0.05) is 58.4 Å². The summed E-state index contributed by atoms with van der Waals surface area (Å²) in [6.45, 7) is 3.96. The first-order valence-corrected chi connectivity index (χ1v) is 10.0. The molecule has 0 unspecified atom stereocenters. The van der Waals surface area contributed by atoms with Crippen molar-refractivity contribution in [3.05, 3.63) is 94.1 Å². The molecule has 0 saturated heterocycles. The van der Waals surface area contributed by atoms with E-state index < -0.39 is 0 Å². The van der Waals surface area contributed by atoms with Gasteiger partial charge in [0.15, 0.2) is 5.76 Å². The highest BCUT2D eigenvalue weighted by Gasteiger charge is 2.18. The monoisotopic (exact) mass is 446 g/mol. The van der Waals surface area contributed by atoms with E-state index in [0.29, 0.717) is 22.8 Å². The summed E-state index contributed by atoms with van der Waals surface area (Å²) in [4.78, 5) is 17.5. The fourth-order valence-electron chi connectivity index (χ4n) is 3.23. The molecule has 1 amide bonds. The molecular weight excluding hydrogens is 428 g/mol. The second-order valence-corrected chi connectivity index (χ2v) is 7.72. The molecule has 1 N–H and O–H groups in total. The Morgan fingerprint density at radius 1 is 0.966 bits per heavy atom. The molecule has 144 valence electrons. The summed E-state index contributed by atoms with van der Waals surface area (Å²) in [5.74, 6) is 0.860. The molecule has 29 heavy (non-hydrogen) atoms. The number of amides is 1. The molecule has 1 heterocycles. The molecule has 0 saturated carbocycles. The molecule has 4 nitrogen and oxygen atoms in total. The number of aromatic nitrogens is 1. The Labute approximate surface area is 177 Å². The van der Waals surface area contributed by atoms with Crippen molar-refractivity contribution in [1.29, 1.82) is 0 Å². The van der Waals surface area contributed by atoms with Gasteiger partial charge >= 0.3 is 0 Å². The van der Waals surface area contributed by atoms with Crippen LogP contribution in [-0.2, 0) is 0 Å². The van der Waals surface area contributed by atoms with E-state index in [1.165, 1.54) is 0 Å². The number of hydrogen-bond acceptors (Lipinski definition) is 3. The van der Waals surface area contributed by atoms with Crippen molar-refractivity contribution in [3.63, 3.8) is 0 Å². The highest BCUT2D eigenvalue weighted by molar-refractivity contribution is 9.10. The van der Waals surface area contributed by atoms with Crippen LogP contribution >= 0.6 is 15.9 Å². The van der Waals surface area contributed by atoms with Gasteiger partial charge in [-0.2, -0.15) is 0 Å². The van der Waals surface area contributed by atoms with Gasteiger partial charge in [0.1, 0.15) is 0 Å². The number of para-hydroxylation sites is 1. The number of benzene rings is 3. The van der Waals surface area contributed by atoms with Crippen LogP contribution in [0.2, 0.25) is 0 Å². The maximum atomic E-state index is 13.0. The van der Waals surface area contributed by atoms with E-state index in [0.717, 1.165) is 26.9 Å². The van der Waals surface area contributed by atoms with Crippen LogP contribution < -0.4 is 5.32 Å². The van der Waals surface area contributed by atoms with Crippen molar-refractivity contribution >= 4 is 27.5 Å². The summed E-state index contributed by atoms with van der Waals surface area (Å²) in [5, 5.41) is 3.04. The molecule has 3 aromatic carbocycles. The number of halogens is 1. The second kappa shape index (κ2) is 8.05. The van der Waals surface area contributed by atoms with Crippen LogP contribution in [0, 0.1) is 13.8 Å². The van der Waals surface area contributed by atoms with E-state index in [1.807, 2.05) is 74.5 Å². The van der Waals surface area contributed by atoms with Crippen molar-refractivity contribution in [2.45, 2.75) is 13.8 Å². The van der Waals surface area contributed by atoms with Gasteiger partial charge in [-0.25, -0.2) is 4.98 Å². The third-order valence-corrected chi connectivity index (χ3v) is 5.23. The van der Waals surface area contributed by atoms with Crippen molar-refractivity contribution in [1.82, 2.24) is 4.98 Å². The van der Waals surface area contributed by atoms with Crippen molar-refractivity contribution in [2.24, 2.45) is 0 Å². The first-order chi connectivity index (χ1) is 14.0. The van der Waals surface area contributed by atoms with Crippen LogP contribution in [-0.4, -0.2) is 10.9 Å². The van der Waals surface area contributed by atoms with Gasteiger partial charge in [-0.3, -0.25) is 4.79 Å². The quantitative estimate of drug-likeness (QED) is 0.382. The average molecular weight is 447 g/mol. The summed E-state index contributed by atoms with van der Waals surface area (Å²) < 4.78 is 6.95. The number of rotatable bonds is 4. The molecule has 0 fully saturated rings. The van der Waals surface area contributed by atoms with E-state index in [2.05, 4.69) is 26.2 Å². The fraction of sp³-hybridized carbons (Fsp3) is 0.0833. The predicted octanol–water partition coefficient (Wildman–Crippen LogP) is 6.64. The van der Waals surface area contributed by atoms with Gasteiger partial charge in [-0.15, -0.1) is 0 Å². The molecule has 4 aromatic rings. The topological polar surface area (TPSA) is 55.1 Å². The van der Waals surface area contributed by atoms with Gasteiger partial charge < -0.3 is 9.73 Å². The zero-order valence-corrected chi connectivity index (χ0v) is 17.7. The Kier molecular flexibility index (Phi) is 5.32. The number of anilines is 1. The van der Waals surface area contributed by atoms with Crippen molar-refractivity contribution in [3.8, 4) is 22.8 Å². The van der Waals surface area contributed by atoms with Gasteiger partial charge in [0.25, 0.3) is 5.91 Å². The van der Waals surface area contributed by atoms with E-state index in [1.54, 1.807) is 12.3 Å². The summed E-state index contributed by atoms with van der Waals surface area (Å²) >= 11 is 3.47. The highest BCUT2D eigenvalue weighted by atomic mass is 79.9. The van der Waals surface area contributed by atoms with Gasteiger partial charge in [0.2, 0.25) is 5.89 Å². The Hall–Kier alpha value is -3.18. The zero-order valence-electron chi connectivity index (χ0n) is 16.1. The number of nitrogens with zero attached hydrogens (tertiary/aromatic N) is 1. The third kappa shape index (κ3) is 4.00. The minimum Gasteiger partial charge on any atom is -0.436 e. The van der Waals surface area contributed by atoms with Crippen LogP contribution in [0.1, 0.15) is 21.5 Å². The molecule has 4 rings (SSSR count). The van der Waals surface area contributed by atoms with Crippen molar-refractivity contribution < 1.29 is 9.21 Å². The minimum absolute atomic E-state index is 0.194. The highest BCUT2D eigenvalue weighted by Crippen LogP contribution is 2.30. The molecule has 0 aliphatic heterocycles. The summed E-state index contributed by atoms with van der Waals surface area (Å²) in [6.07, 6.45) is 1.68. The smallest absolute Gasteiger partial charge is 0.256 e. The van der Waals surface area contributed by atoms with E-state index >= 15 is 0 Å². The second-order valence-electron chi connectivity index (χ2n) is 6.81. The molecular formula is C24H19BrN2O2. The molecule has 0 spiro atoms. The third-order valence-electron chi connectivity index (χ3n) is 4.74. The number of hydrogen-bond donors (Lipinski definition) is 1. The van der Waals surface area contributed by atoms with E-state index in [9.17, 15) is 4.79 Å². The van der Waals surface area contributed by atoms with Crippen molar-refractivity contribution in [2.75, 3.05) is 5.32 Å². The van der Waals surface area contributed by atoms with E-state index in [-0.39, 0.29) is 5.91 Å². The molecule has 1 aromatic heterocycles. The molecule has 0 aliphatic carbocycles. The lowest BCUT2D eigenvalue weighted by Gasteiger charge is -2.12. The first kappa shape index (κ1) is 19.2. The molecule has 0 aliphatic rings. The molecule has 0 radical (unpaired) electrons. The molecule has 5 heteroatoms. The zero-order chi connectivity index (χ0) is 20.4. The Morgan fingerprint density at radius 2 is 1.69 bits per heavy atom. The minimum atomic E-state index is -0.194. The first-order valence-electron chi connectivity index (χ1n) is 9.21. The van der Waals surface area contributed by atoms with E-state index in [4.69, 9.17) is 4.42 Å². The normalized spacial score (nSPS) is 10.7. The Balaban J connectivity index is 1.68. The van der Waals surface area contributed by atoms with Gasteiger partial charge in [0.05, 0.1) is 11.8 Å². The van der Waals surface area contributed by atoms with Gasteiger partial charge in [0, 0.05) is 21.3 Å². The maximum Gasteiger partial charge on any atom is 0.256 e. The standard InChI is InChI=1S/C24H19BrN2O2/c1-15-7-5-8-16(2)22(15)27-23(28)19-11-3-4-12-20(19)24-26-14-21(29-24)17-9-6-10-18(25)13-17/h3-14H,1-2H3,(H,27,28). The van der Waals surface area contributed by atoms with Crippen LogP contribution in [0.15, 0.2) is 81.8 Å². The van der Waals surface area contributed by atoms with Crippen LogP contribution in [0.4, 0.5) is 5.69 Å². The number of aryl methyl sites for hydroxylation is 2. The largest absolute Gasteiger partial charge is 0.436 e. The maximum absolute atomic E-state index is 13.0.